The molecule has 1 N–H and O–H groups in total. The summed E-state index contributed by atoms with van der Waals surface area (Å²) in [6.07, 6.45) is 0.791. The van der Waals surface area contributed by atoms with Gasteiger partial charge in [0.05, 0.1) is 22.2 Å². The quantitative estimate of drug-likeness (QED) is 0.502. The van der Waals surface area contributed by atoms with Gasteiger partial charge in [-0.15, -0.1) is 0 Å². The molecule has 0 aliphatic carbocycles. The fourth-order valence-corrected chi connectivity index (χ4v) is 2.25. The molecule has 7 nitrogen and oxygen atoms in total. The molecule has 0 aliphatic rings. The van der Waals surface area contributed by atoms with Crippen LogP contribution in [-0.2, 0) is 6.54 Å². The summed E-state index contributed by atoms with van der Waals surface area (Å²) in [5.41, 5.74) is 2.71. The smallest absolute Gasteiger partial charge is 0.293 e. The molecule has 7 heteroatoms. The summed E-state index contributed by atoms with van der Waals surface area (Å²) in [6.45, 7) is 5.28. The Hall–Kier alpha value is -2.88. The van der Waals surface area contributed by atoms with E-state index in [4.69, 9.17) is 5.26 Å². The minimum Gasteiger partial charge on any atom is -0.379 e. The normalized spacial score (nSPS) is 10.2. The van der Waals surface area contributed by atoms with Crippen LogP contribution in [0.2, 0.25) is 0 Å². The molecule has 0 radical (unpaired) electrons. The molecule has 114 valence electrons. The predicted octanol–water partition coefficient (Wildman–Crippen LogP) is 2.78. The number of rotatable bonds is 6. The number of nitriles is 1. The van der Waals surface area contributed by atoms with Crippen LogP contribution in [-0.4, -0.2) is 21.2 Å². The maximum absolute atomic E-state index is 11.0. The van der Waals surface area contributed by atoms with Gasteiger partial charge in [-0.2, -0.15) is 10.4 Å². The van der Waals surface area contributed by atoms with Crippen molar-refractivity contribution in [3.8, 4) is 6.07 Å². The van der Waals surface area contributed by atoms with Gasteiger partial charge in [0, 0.05) is 24.8 Å². The molecule has 0 saturated carbocycles. The topological polar surface area (TPSA) is 96.8 Å². The van der Waals surface area contributed by atoms with Crippen molar-refractivity contribution in [3.05, 3.63) is 51.3 Å². The molecule has 0 amide bonds. The lowest BCUT2D eigenvalue weighted by atomic mass is 10.2. The summed E-state index contributed by atoms with van der Waals surface area (Å²) in [5.74, 6) is 0. The number of benzene rings is 1. The highest BCUT2D eigenvalue weighted by molar-refractivity contribution is 5.63. The first-order valence-electron chi connectivity index (χ1n) is 6.94. The molecule has 2 rings (SSSR count). The Bertz CT molecular complexity index is 730. The van der Waals surface area contributed by atoms with Gasteiger partial charge in [-0.05, 0) is 38.5 Å². The Kier molecular flexibility index (Phi) is 4.73. The van der Waals surface area contributed by atoms with Gasteiger partial charge in [-0.1, -0.05) is 0 Å². The molecule has 0 unspecified atom stereocenters. The van der Waals surface area contributed by atoms with Gasteiger partial charge in [-0.25, -0.2) is 0 Å². The minimum absolute atomic E-state index is 0.0786. The van der Waals surface area contributed by atoms with Crippen molar-refractivity contribution in [1.82, 2.24) is 9.78 Å². The minimum atomic E-state index is -0.482. The van der Waals surface area contributed by atoms with E-state index in [-0.39, 0.29) is 11.3 Å². The Morgan fingerprint density at radius 2 is 2.18 bits per heavy atom. The lowest BCUT2D eigenvalue weighted by Crippen LogP contribution is -2.10. The van der Waals surface area contributed by atoms with E-state index in [1.807, 2.05) is 30.7 Å². The van der Waals surface area contributed by atoms with Gasteiger partial charge >= 0.3 is 0 Å². The van der Waals surface area contributed by atoms with Crippen LogP contribution in [0.3, 0.4) is 0 Å². The van der Waals surface area contributed by atoms with E-state index in [9.17, 15) is 10.1 Å². The van der Waals surface area contributed by atoms with E-state index < -0.39 is 4.92 Å². The second-order valence-corrected chi connectivity index (χ2v) is 5.03. The number of nitrogens with one attached hydrogen (secondary N) is 1. The SMILES string of the molecule is Cc1cc(C)n(CCCNc2ccc(C#N)cc2[N+](=O)[O-])n1. The van der Waals surface area contributed by atoms with Gasteiger partial charge < -0.3 is 5.32 Å². The Morgan fingerprint density at radius 3 is 2.77 bits per heavy atom. The monoisotopic (exact) mass is 299 g/mol. The fraction of sp³-hybridized carbons (Fsp3) is 0.333. The zero-order valence-corrected chi connectivity index (χ0v) is 12.5. The van der Waals surface area contributed by atoms with Crippen LogP contribution >= 0.6 is 0 Å². The zero-order valence-electron chi connectivity index (χ0n) is 12.5. The highest BCUT2D eigenvalue weighted by atomic mass is 16.6. The number of hydrogen-bond donors (Lipinski definition) is 1. The molecule has 0 bridgehead atoms. The van der Waals surface area contributed by atoms with E-state index in [2.05, 4.69) is 10.4 Å². The van der Waals surface area contributed by atoms with Gasteiger partial charge in [-0.3, -0.25) is 14.8 Å². The van der Waals surface area contributed by atoms with Crippen molar-refractivity contribution in [2.45, 2.75) is 26.8 Å². The number of anilines is 1. The van der Waals surface area contributed by atoms with E-state index in [0.717, 1.165) is 24.4 Å². The molecule has 0 atom stereocenters. The number of aromatic nitrogens is 2. The van der Waals surface area contributed by atoms with E-state index in [1.165, 1.54) is 6.07 Å². The van der Waals surface area contributed by atoms with Gasteiger partial charge in [0.2, 0.25) is 0 Å². The highest BCUT2D eigenvalue weighted by Gasteiger charge is 2.14. The third kappa shape index (κ3) is 3.61. The molecule has 1 heterocycles. The Labute approximate surface area is 128 Å². The standard InChI is InChI=1S/C15H17N5O2/c1-11-8-12(2)19(18-11)7-3-6-17-14-5-4-13(10-16)9-15(14)20(21)22/h4-5,8-9,17H,3,6-7H2,1-2H3. The molecule has 0 aliphatic heterocycles. The van der Waals surface area contributed by atoms with Crippen molar-refractivity contribution in [2.24, 2.45) is 0 Å². The Balaban J connectivity index is 1.96. The van der Waals surface area contributed by atoms with Crippen LogP contribution in [0.1, 0.15) is 23.4 Å². The van der Waals surface area contributed by atoms with E-state index in [1.54, 1.807) is 12.1 Å². The number of nitro benzene ring substituents is 1. The van der Waals surface area contributed by atoms with Crippen LogP contribution < -0.4 is 5.32 Å². The summed E-state index contributed by atoms with van der Waals surface area (Å²) >= 11 is 0. The number of nitrogens with zero attached hydrogens (tertiary/aromatic N) is 4. The third-order valence-corrected chi connectivity index (χ3v) is 3.29. The van der Waals surface area contributed by atoms with E-state index in [0.29, 0.717) is 12.2 Å². The van der Waals surface area contributed by atoms with Crippen LogP contribution in [0.4, 0.5) is 11.4 Å². The number of aryl methyl sites for hydroxylation is 3. The van der Waals surface area contributed by atoms with Gasteiger partial charge in [0.15, 0.2) is 0 Å². The van der Waals surface area contributed by atoms with Crippen LogP contribution in [0.15, 0.2) is 24.3 Å². The molecule has 22 heavy (non-hydrogen) atoms. The van der Waals surface area contributed by atoms with Crippen LogP contribution in [0, 0.1) is 35.3 Å². The van der Waals surface area contributed by atoms with Crippen LogP contribution in [0.25, 0.3) is 0 Å². The largest absolute Gasteiger partial charge is 0.379 e. The molecular weight excluding hydrogens is 282 g/mol. The van der Waals surface area contributed by atoms with Crippen molar-refractivity contribution in [1.29, 1.82) is 5.26 Å². The Morgan fingerprint density at radius 1 is 1.41 bits per heavy atom. The first kappa shape index (κ1) is 15.5. The average Bonchev–Trinajstić information content (AvgIpc) is 2.81. The maximum atomic E-state index is 11.0. The van der Waals surface area contributed by atoms with Crippen molar-refractivity contribution in [3.63, 3.8) is 0 Å². The number of hydrogen-bond acceptors (Lipinski definition) is 5. The second-order valence-electron chi connectivity index (χ2n) is 5.03. The zero-order chi connectivity index (χ0) is 16.1. The molecule has 1 aromatic carbocycles. The summed E-state index contributed by atoms with van der Waals surface area (Å²) < 4.78 is 1.92. The summed E-state index contributed by atoms with van der Waals surface area (Å²) in [5, 5.41) is 27.3. The van der Waals surface area contributed by atoms with E-state index >= 15 is 0 Å². The summed E-state index contributed by atoms with van der Waals surface area (Å²) in [4.78, 5) is 10.6. The lowest BCUT2D eigenvalue weighted by molar-refractivity contribution is -0.384. The summed E-state index contributed by atoms with van der Waals surface area (Å²) in [6, 6.07) is 8.33. The van der Waals surface area contributed by atoms with Crippen molar-refractivity contribution < 1.29 is 4.92 Å². The first-order chi connectivity index (χ1) is 10.5. The second kappa shape index (κ2) is 6.72. The molecule has 1 aromatic heterocycles. The molecule has 2 aromatic rings. The predicted molar refractivity (Wildman–Crippen MR) is 82.6 cm³/mol. The van der Waals surface area contributed by atoms with Crippen LogP contribution in [0.5, 0.6) is 0 Å². The molecule has 0 saturated heterocycles. The molecule has 0 spiro atoms. The first-order valence-corrected chi connectivity index (χ1v) is 6.94. The third-order valence-electron chi connectivity index (χ3n) is 3.29. The van der Waals surface area contributed by atoms with Crippen molar-refractivity contribution >= 4 is 11.4 Å². The lowest BCUT2D eigenvalue weighted by Gasteiger charge is -2.08. The molecule has 0 fully saturated rings. The average molecular weight is 299 g/mol. The van der Waals surface area contributed by atoms with Gasteiger partial charge in [0.1, 0.15) is 5.69 Å². The number of nitro groups is 1. The van der Waals surface area contributed by atoms with Gasteiger partial charge in [0.25, 0.3) is 5.69 Å². The summed E-state index contributed by atoms with van der Waals surface area (Å²) in [7, 11) is 0. The highest BCUT2D eigenvalue weighted by Crippen LogP contribution is 2.25. The van der Waals surface area contributed by atoms with Crippen molar-refractivity contribution in [2.75, 3.05) is 11.9 Å². The molecular formula is C15H17N5O2. The maximum Gasteiger partial charge on any atom is 0.293 e. The fourth-order valence-electron chi connectivity index (χ4n) is 2.25.